The SMILES string of the molecule is CC(C)(C)C(NC(=O)c1nn(CC2CCOCC2)c2c(F)cccc12)C(N)=O. The van der Waals surface area contributed by atoms with Crippen molar-refractivity contribution in [3.05, 3.63) is 29.7 Å². The highest BCUT2D eigenvalue weighted by Crippen LogP contribution is 2.26. The van der Waals surface area contributed by atoms with Gasteiger partial charge in [-0.2, -0.15) is 5.10 Å². The molecular weight excluding hydrogens is 363 g/mol. The summed E-state index contributed by atoms with van der Waals surface area (Å²) in [6.07, 6.45) is 1.73. The fourth-order valence-electron chi connectivity index (χ4n) is 3.58. The van der Waals surface area contributed by atoms with Crippen molar-refractivity contribution in [2.75, 3.05) is 13.2 Å². The number of nitrogens with one attached hydrogen (secondary N) is 1. The number of para-hydroxylation sites is 1. The molecular formula is C20H27FN4O3. The van der Waals surface area contributed by atoms with Crippen LogP contribution in [-0.4, -0.2) is 40.9 Å². The fraction of sp³-hybridized carbons (Fsp3) is 0.550. The number of carbonyl (C=O) groups excluding carboxylic acids is 2. The van der Waals surface area contributed by atoms with E-state index in [1.54, 1.807) is 16.8 Å². The molecule has 2 aromatic rings. The molecule has 1 fully saturated rings. The van der Waals surface area contributed by atoms with Crippen molar-refractivity contribution in [2.24, 2.45) is 17.1 Å². The zero-order valence-electron chi connectivity index (χ0n) is 16.5. The van der Waals surface area contributed by atoms with Crippen molar-refractivity contribution in [1.29, 1.82) is 0 Å². The normalized spacial score (nSPS) is 16.9. The number of nitrogens with two attached hydrogens (primary N) is 1. The molecule has 1 aromatic carbocycles. The van der Waals surface area contributed by atoms with Crippen LogP contribution in [0.25, 0.3) is 10.9 Å². The maximum absolute atomic E-state index is 14.6. The number of aromatic nitrogens is 2. The van der Waals surface area contributed by atoms with Gasteiger partial charge in [-0.25, -0.2) is 4.39 Å². The molecule has 1 atom stereocenters. The van der Waals surface area contributed by atoms with Crippen molar-refractivity contribution in [3.63, 3.8) is 0 Å². The van der Waals surface area contributed by atoms with Gasteiger partial charge in [-0.1, -0.05) is 32.9 Å². The van der Waals surface area contributed by atoms with Gasteiger partial charge in [0.25, 0.3) is 5.91 Å². The Balaban J connectivity index is 1.95. The highest BCUT2D eigenvalue weighted by Gasteiger charge is 2.33. The molecule has 0 bridgehead atoms. The van der Waals surface area contributed by atoms with Crippen molar-refractivity contribution < 1.29 is 18.7 Å². The van der Waals surface area contributed by atoms with Crippen molar-refractivity contribution >= 4 is 22.7 Å². The lowest BCUT2D eigenvalue weighted by Crippen LogP contribution is -2.52. The monoisotopic (exact) mass is 390 g/mol. The Morgan fingerprint density at radius 3 is 2.64 bits per heavy atom. The van der Waals surface area contributed by atoms with Crippen molar-refractivity contribution in [1.82, 2.24) is 15.1 Å². The molecule has 152 valence electrons. The largest absolute Gasteiger partial charge is 0.381 e. The van der Waals surface area contributed by atoms with Crippen LogP contribution in [0, 0.1) is 17.2 Å². The standard InChI is InChI=1S/C20H27FN4O3/c1-20(2,3)17(18(22)26)23-19(27)15-13-5-4-6-14(21)16(13)25(24-15)11-12-7-9-28-10-8-12/h4-6,12,17H,7-11H2,1-3H3,(H2,22,26)(H,23,27). The molecule has 28 heavy (non-hydrogen) atoms. The zero-order chi connectivity index (χ0) is 20.5. The Hall–Kier alpha value is -2.48. The van der Waals surface area contributed by atoms with E-state index < -0.39 is 29.1 Å². The summed E-state index contributed by atoms with van der Waals surface area (Å²) in [5.41, 5.74) is 5.29. The summed E-state index contributed by atoms with van der Waals surface area (Å²) in [7, 11) is 0. The first-order valence-corrected chi connectivity index (χ1v) is 9.51. The van der Waals surface area contributed by atoms with Crippen LogP contribution >= 0.6 is 0 Å². The predicted octanol–water partition coefficient (Wildman–Crippen LogP) is 2.23. The summed E-state index contributed by atoms with van der Waals surface area (Å²) in [5.74, 6) is -1.29. The minimum Gasteiger partial charge on any atom is -0.381 e. The molecule has 3 rings (SSSR count). The fourth-order valence-corrected chi connectivity index (χ4v) is 3.58. The van der Waals surface area contributed by atoms with E-state index >= 15 is 0 Å². The second-order valence-corrected chi connectivity index (χ2v) is 8.40. The number of amides is 2. The van der Waals surface area contributed by atoms with Gasteiger partial charge in [0.15, 0.2) is 5.69 Å². The lowest BCUT2D eigenvalue weighted by molar-refractivity contribution is -0.122. The van der Waals surface area contributed by atoms with E-state index in [-0.39, 0.29) is 5.69 Å². The molecule has 2 heterocycles. The topological polar surface area (TPSA) is 99.2 Å². The van der Waals surface area contributed by atoms with Gasteiger partial charge in [-0.3, -0.25) is 14.3 Å². The van der Waals surface area contributed by atoms with E-state index in [1.807, 2.05) is 20.8 Å². The van der Waals surface area contributed by atoms with Gasteiger partial charge in [-0.05, 0) is 30.2 Å². The first kappa shape index (κ1) is 20.3. The maximum Gasteiger partial charge on any atom is 0.273 e. The molecule has 0 aliphatic carbocycles. The van der Waals surface area contributed by atoms with Gasteiger partial charge in [0.2, 0.25) is 5.91 Å². The van der Waals surface area contributed by atoms with Crippen LogP contribution in [0.4, 0.5) is 4.39 Å². The predicted molar refractivity (Wildman–Crippen MR) is 103 cm³/mol. The third-order valence-corrected chi connectivity index (χ3v) is 5.13. The Kier molecular flexibility index (Phi) is 5.69. The van der Waals surface area contributed by atoms with E-state index in [9.17, 15) is 14.0 Å². The summed E-state index contributed by atoms with van der Waals surface area (Å²) in [5, 5.41) is 7.50. The quantitative estimate of drug-likeness (QED) is 0.818. The number of ether oxygens (including phenoxy) is 1. The summed E-state index contributed by atoms with van der Waals surface area (Å²) in [6.45, 7) is 7.28. The van der Waals surface area contributed by atoms with Crippen molar-refractivity contribution in [3.8, 4) is 0 Å². The lowest BCUT2D eigenvalue weighted by atomic mass is 9.86. The first-order chi connectivity index (χ1) is 13.2. The molecule has 8 heteroatoms. The molecule has 1 unspecified atom stereocenters. The third-order valence-electron chi connectivity index (χ3n) is 5.13. The van der Waals surface area contributed by atoms with E-state index in [1.165, 1.54) is 6.07 Å². The number of hydrogen-bond acceptors (Lipinski definition) is 4. The Morgan fingerprint density at radius 2 is 2.04 bits per heavy atom. The molecule has 1 saturated heterocycles. The molecule has 1 aromatic heterocycles. The first-order valence-electron chi connectivity index (χ1n) is 9.51. The second kappa shape index (κ2) is 7.87. The van der Waals surface area contributed by atoms with Gasteiger partial charge >= 0.3 is 0 Å². The highest BCUT2D eigenvalue weighted by atomic mass is 19.1. The van der Waals surface area contributed by atoms with Gasteiger partial charge in [-0.15, -0.1) is 0 Å². The van der Waals surface area contributed by atoms with Gasteiger partial charge in [0.05, 0.1) is 0 Å². The summed E-state index contributed by atoms with van der Waals surface area (Å²) < 4.78 is 21.5. The van der Waals surface area contributed by atoms with E-state index in [2.05, 4.69) is 10.4 Å². The number of halogens is 1. The summed E-state index contributed by atoms with van der Waals surface area (Å²) >= 11 is 0. The summed E-state index contributed by atoms with van der Waals surface area (Å²) in [4.78, 5) is 24.7. The number of nitrogens with zero attached hydrogens (tertiary/aromatic N) is 2. The number of rotatable bonds is 5. The van der Waals surface area contributed by atoms with Crippen LogP contribution in [0.3, 0.4) is 0 Å². The van der Waals surface area contributed by atoms with Crippen LogP contribution in [-0.2, 0) is 16.1 Å². The average Bonchev–Trinajstić information content (AvgIpc) is 2.99. The average molecular weight is 390 g/mol. The van der Waals surface area contributed by atoms with Crippen molar-refractivity contribution in [2.45, 2.75) is 46.2 Å². The number of benzene rings is 1. The Morgan fingerprint density at radius 1 is 1.36 bits per heavy atom. The molecule has 3 N–H and O–H groups in total. The Labute approximate surface area is 163 Å². The number of fused-ring (bicyclic) bond motifs is 1. The molecule has 0 saturated carbocycles. The number of hydrogen-bond donors (Lipinski definition) is 2. The van der Waals surface area contributed by atoms with Crippen LogP contribution in [0.5, 0.6) is 0 Å². The molecule has 7 nitrogen and oxygen atoms in total. The van der Waals surface area contributed by atoms with Gasteiger partial charge < -0.3 is 15.8 Å². The summed E-state index contributed by atoms with van der Waals surface area (Å²) in [6, 6.07) is 3.69. The van der Waals surface area contributed by atoms with Gasteiger partial charge in [0, 0.05) is 25.1 Å². The minimum atomic E-state index is -0.871. The molecule has 2 amide bonds. The molecule has 0 spiro atoms. The molecule has 1 aliphatic heterocycles. The smallest absolute Gasteiger partial charge is 0.273 e. The van der Waals surface area contributed by atoms with Crippen LogP contribution < -0.4 is 11.1 Å². The van der Waals surface area contributed by atoms with E-state index in [4.69, 9.17) is 10.5 Å². The second-order valence-electron chi connectivity index (χ2n) is 8.40. The van der Waals surface area contributed by atoms with E-state index in [0.29, 0.717) is 36.6 Å². The number of carbonyl (C=O) groups is 2. The van der Waals surface area contributed by atoms with Crippen LogP contribution in [0.2, 0.25) is 0 Å². The molecule has 0 radical (unpaired) electrons. The van der Waals surface area contributed by atoms with Crippen LogP contribution in [0.1, 0.15) is 44.1 Å². The van der Waals surface area contributed by atoms with Crippen LogP contribution in [0.15, 0.2) is 18.2 Å². The van der Waals surface area contributed by atoms with Gasteiger partial charge in [0.1, 0.15) is 17.4 Å². The Bertz CT molecular complexity index is 881. The highest BCUT2D eigenvalue weighted by molar-refractivity contribution is 6.06. The van der Waals surface area contributed by atoms with E-state index in [0.717, 1.165) is 12.8 Å². The number of primary amides is 1. The molecule has 1 aliphatic rings. The minimum absolute atomic E-state index is 0.0945. The maximum atomic E-state index is 14.6. The third kappa shape index (κ3) is 4.16. The lowest BCUT2D eigenvalue weighted by Gasteiger charge is -2.28. The zero-order valence-corrected chi connectivity index (χ0v) is 16.5.